The molecular weight excluding hydrogens is 243 g/mol. The standard InChI is InChI=1S/C13H18ClFO2/c1-9(8-17-2)5-12(16)6-10-3-4-11(15)7-13(10)14/h3-4,7,9,12,16H,5-6,8H2,1-2H3. The van der Waals surface area contributed by atoms with Crippen LogP contribution in [0.1, 0.15) is 18.9 Å². The van der Waals surface area contributed by atoms with Crippen LogP contribution in [-0.2, 0) is 11.2 Å². The van der Waals surface area contributed by atoms with Crippen LogP contribution >= 0.6 is 11.6 Å². The molecular formula is C13H18ClFO2. The van der Waals surface area contributed by atoms with Crippen LogP contribution in [0.2, 0.25) is 5.02 Å². The Bertz CT molecular complexity index is 357. The van der Waals surface area contributed by atoms with E-state index in [1.807, 2.05) is 6.92 Å². The van der Waals surface area contributed by atoms with Gasteiger partial charge in [0, 0.05) is 18.7 Å². The predicted molar refractivity (Wildman–Crippen MR) is 66.8 cm³/mol. The summed E-state index contributed by atoms with van der Waals surface area (Å²) in [5.41, 5.74) is 0.769. The van der Waals surface area contributed by atoms with Crippen molar-refractivity contribution in [2.45, 2.75) is 25.9 Å². The summed E-state index contributed by atoms with van der Waals surface area (Å²) in [5.74, 6) is -0.0739. The molecule has 0 saturated heterocycles. The van der Waals surface area contributed by atoms with Gasteiger partial charge < -0.3 is 9.84 Å². The molecule has 2 unspecified atom stereocenters. The smallest absolute Gasteiger partial charge is 0.124 e. The van der Waals surface area contributed by atoms with Crippen LogP contribution in [0.5, 0.6) is 0 Å². The van der Waals surface area contributed by atoms with Crippen LogP contribution in [-0.4, -0.2) is 24.9 Å². The first-order valence-corrected chi connectivity index (χ1v) is 6.01. The molecule has 2 nitrogen and oxygen atoms in total. The molecule has 0 aliphatic heterocycles. The lowest BCUT2D eigenvalue weighted by Crippen LogP contribution is -2.17. The number of ether oxygens (including phenoxy) is 1. The Morgan fingerprint density at radius 3 is 2.76 bits per heavy atom. The van der Waals surface area contributed by atoms with E-state index in [1.165, 1.54) is 12.1 Å². The molecule has 1 N–H and O–H groups in total. The summed E-state index contributed by atoms with van der Waals surface area (Å²) in [6, 6.07) is 4.23. The molecule has 0 radical (unpaired) electrons. The van der Waals surface area contributed by atoms with E-state index < -0.39 is 6.10 Å². The molecule has 0 aliphatic carbocycles. The van der Waals surface area contributed by atoms with E-state index in [1.54, 1.807) is 13.2 Å². The third kappa shape index (κ3) is 5.02. The highest BCUT2D eigenvalue weighted by Gasteiger charge is 2.13. The van der Waals surface area contributed by atoms with Crippen LogP contribution < -0.4 is 0 Å². The molecule has 17 heavy (non-hydrogen) atoms. The van der Waals surface area contributed by atoms with Gasteiger partial charge in [-0.25, -0.2) is 4.39 Å². The lowest BCUT2D eigenvalue weighted by molar-refractivity contribution is 0.102. The number of aliphatic hydroxyl groups excluding tert-OH is 1. The second-order valence-corrected chi connectivity index (χ2v) is 4.80. The highest BCUT2D eigenvalue weighted by atomic mass is 35.5. The van der Waals surface area contributed by atoms with E-state index in [0.29, 0.717) is 24.5 Å². The molecule has 1 rings (SSSR count). The van der Waals surface area contributed by atoms with Crippen molar-refractivity contribution in [2.75, 3.05) is 13.7 Å². The number of rotatable bonds is 6. The fourth-order valence-corrected chi connectivity index (χ4v) is 2.09. The Balaban J connectivity index is 2.52. The number of aliphatic hydroxyl groups is 1. The number of methoxy groups -OCH3 is 1. The molecule has 0 heterocycles. The summed E-state index contributed by atoms with van der Waals surface area (Å²) >= 11 is 5.90. The summed E-state index contributed by atoms with van der Waals surface area (Å²) in [6.45, 7) is 2.63. The summed E-state index contributed by atoms with van der Waals surface area (Å²) in [7, 11) is 1.64. The van der Waals surface area contributed by atoms with Gasteiger partial charge in [-0.2, -0.15) is 0 Å². The van der Waals surface area contributed by atoms with Crippen molar-refractivity contribution in [3.05, 3.63) is 34.6 Å². The van der Waals surface area contributed by atoms with Crippen molar-refractivity contribution in [1.29, 1.82) is 0 Å². The quantitative estimate of drug-likeness (QED) is 0.852. The number of benzene rings is 1. The first-order chi connectivity index (χ1) is 8.02. The number of hydrogen-bond donors (Lipinski definition) is 1. The van der Waals surface area contributed by atoms with E-state index in [0.717, 1.165) is 5.56 Å². The molecule has 4 heteroatoms. The summed E-state index contributed by atoms with van der Waals surface area (Å²) in [4.78, 5) is 0. The molecule has 1 aromatic carbocycles. The van der Waals surface area contributed by atoms with Gasteiger partial charge in [-0.3, -0.25) is 0 Å². The van der Waals surface area contributed by atoms with Gasteiger partial charge in [0.25, 0.3) is 0 Å². The predicted octanol–water partition coefficient (Wildman–Crippen LogP) is 3.06. The fourth-order valence-electron chi connectivity index (χ4n) is 1.84. The van der Waals surface area contributed by atoms with Crippen molar-refractivity contribution < 1.29 is 14.2 Å². The van der Waals surface area contributed by atoms with Crippen LogP contribution in [0.25, 0.3) is 0 Å². The molecule has 0 aromatic heterocycles. The third-order valence-corrected chi connectivity index (χ3v) is 2.95. The molecule has 0 aliphatic rings. The van der Waals surface area contributed by atoms with E-state index >= 15 is 0 Å². The highest BCUT2D eigenvalue weighted by Crippen LogP contribution is 2.20. The van der Waals surface area contributed by atoms with Crippen molar-refractivity contribution in [1.82, 2.24) is 0 Å². The van der Waals surface area contributed by atoms with E-state index in [4.69, 9.17) is 16.3 Å². The van der Waals surface area contributed by atoms with Crippen molar-refractivity contribution in [2.24, 2.45) is 5.92 Å². The first-order valence-electron chi connectivity index (χ1n) is 5.64. The van der Waals surface area contributed by atoms with Gasteiger partial charge in [0.1, 0.15) is 5.82 Å². The zero-order valence-electron chi connectivity index (χ0n) is 10.1. The maximum atomic E-state index is 12.8. The topological polar surface area (TPSA) is 29.5 Å². The van der Waals surface area contributed by atoms with Gasteiger partial charge in [0.05, 0.1) is 6.10 Å². The van der Waals surface area contributed by atoms with Gasteiger partial charge in [-0.15, -0.1) is 0 Å². The zero-order valence-corrected chi connectivity index (χ0v) is 10.9. The normalized spacial score (nSPS) is 14.6. The maximum absolute atomic E-state index is 12.8. The fraction of sp³-hybridized carbons (Fsp3) is 0.538. The molecule has 2 atom stereocenters. The van der Waals surface area contributed by atoms with Gasteiger partial charge in [-0.1, -0.05) is 24.6 Å². The minimum Gasteiger partial charge on any atom is -0.393 e. The molecule has 1 aromatic rings. The Kier molecular flexibility index (Phi) is 5.89. The molecule has 0 amide bonds. The van der Waals surface area contributed by atoms with Gasteiger partial charge in [0.15, 0.2) is 0 Å². The minimum absolute atomic E-state index is 0.286. The van der Waals surface area contributed by atoms with E-state index in [-0.39, 0.29) is 11.7 Å². The van der Waals surface area contributed by atoms with Gasteiger partial charge in [-0.05, 0) is 36.5 Å². The average molecular weight is 261 g/mol. The molecule has 0 spiro atoms. The number of hydrogen-bond acceptors (Lipinski definition) is 2. The van der Waals surface area contributed by atoms with Gasteiger partial charge in [0.2, 0.25) is 0 Å². The summed E-state index contributed by atoms with van der Waals surface area (Å²) in [6.07, 6.45) is 0.595. The largest absolute Gasteiger partial charge is 0.393 e. The Labute approximate surface area is 106 Å². The minimum atomic E-state index is -0.483. The Morgan fingerprint density at radius 2 is 2.18 bits per heavy atom. The third-order valence-electron chi connectivity index (χ3n) is 2.60. The summed E-state index contributed by atoms with van der Waals surface area (Å²) in [5, 5.41) is 10.2. The maximum Gasteiger partial charge on any atom is 0.124 e. The average Bonchev–Trinajstić information content (AvgIpc) is 2.22. The first kappa shape index (κ1) is 14.4. The van der Waals surface area contributed by atoms with Crippen molar-refractivity contribution >= 4 is 11.6 Å². The van der Waals surface area contributed by atoms with Crippen LogP contribution in [0.4, 0.5) is 4.39 Å². The molecule has 0 fully saturated rings. The SMILES string of the molecule is COCC(C)CC(O)Cc1ccc(F)cc1Cl. The second kappa shape index (κ2) is 6.94. The monoisotopic (exact) mass is 260 g/mol. The van der Waals surface area contributed by atoms with Crippen LogP contribution in [0.3, 0.4) is 0 Å². The summed E-state index contributed by atoms with van der Waals surface area (Å²) < 4.78 is 17.8. The molecule has 0 saturated carbocycles. The number of halogens is 2. The van der Waals surface area contributed by atoms with Crippen LogP contribution in [0, 0.1) is 11.7 Å². The highest BCUT2D eigenvalue weighted by molar-refractivity contribution is 6.31. The van der Waals surface area contributed by atoms with E-state index in [2.05, 4.69) is 0 Å². The Morgan fingerprint density at radius 1 is 1.47 bits per heavy atom. The van der Waals surface area contributed by atoms with Crippen molar-refractivity contribution in [3.8, 4) is 0 Å². The second-order valence-electron chi connectivity index (χ2n) is 4.39. The zero-order chi connectivity index (χ0) is 12.8. The van der Waals surface area contributed by atoms with E-state index in [9.17, 15) is 9.50 Å². The molecule has 0 bridgehead atoms. The van der Waals surface area contributed by atoms with Crippen molar-refractivity contribution in [3.63, 3.8) is 0 Å². The molecule has 96 valence electrons. The lowest BCUT2D eigenvalue weighted by atomic mass is 9.99. The Hall–Kier alpha value is -0.640. The lowest BCUT2D eigenvalue weighted by Gasteiger charge is -2.16. The van der Waals surface area contributed by atoms with Crippen LogP contribution in [0.15, 0.2) is 18.2 Å². The van der Waals surface area contributed by atoms with Gasteiger partial charge >= 0.3 is 0 Å².